The van der Waals surface area contributed by atoms with Crippen molar-refractivity contribution in [2.45, 2.75) is 11.8 Å². The van der Waals surface area contributed by atoms with Gasteiger partial charge in [0, 0.05) is 4.90 Å². The average molecular weight is 302 g/mol. The lowest BCUT2D eigenvalue weighted by Gasteiger charge is -2.10. The Morgan fingerprint density at radius 1 is 1.14 bits per heavy atom. The highest BCUT2D eigenvalue weighted by atomic mass is 32.1. The number of rotatable bonds is 3. The van der Waals surface area contributed by atoms with Gasteiger partial charge in [0.25, 0.3) is 0 Å². The minimum atomic E-state index is 0.284. The van der Waals surface area contributed by atoms with Crippen molar-refractivity contribution in [2.24, 2.45) is 0 Å². The summed E-state index contributed by atoms with van der Waals surface area (Å²) in [5.41, 5.74) is 3.14. The second-order valence-electron chi connectivity index (χ2n) is 4.49. The number of aromatic nitrogens is 4. The molecule has 3 aromatic rings. The lowest BCUT2D eigenvalue weighted by Crippen LogP contribution is -1.93. The first-order valence-corrected chi connectivity index (χ1v) is 6.72. The molecule has 0 bridgehead atoms. The van der Waals surface area contributed by atoms with E-state index in [1.807, 2.05) is 19.1 Å². The molecule has 1 N–H and O–H groups in total. The van der Waals surface area contributed by atoms with Crippen molar-refractivity contribution < 1.29 is 9.47 Å². The number of aryl methyl sites for hydroxylation is 1. The molecule has 6 nitrogen and oxygen atoms in total. The first-order valence-electron chi connectivity index (χ1n) is 6.27. The number of thiol groups is 1. The number of aromatic amines is 1. The van der Waals surface area contributed by atoms with Crippen LogP contribution in [-0.4, -0.2) is 34.2 Å². The molecule has 1 aromatic carbocycles. The lowest BCUT2D eigenvalue weighted by atomic mass is 10.1. The van der Waals surface area contributed by atoms with Gasteiger partial charge in [-0.3, -0.25) is 0 Å². The summed E-state index contributed by atoms with van der Waals surface area (Å²) in [7, 11) is 3.13. The smallest absolute Gasteiger partial charge is 0.318 e. The van der Waals surface area contributed by atoms with Crippen molar-refractivity contribution in [3.8, 4) is 23.1 Å². The van der Waals surface area contributed by atoms with Gasteiger partial charge in [0.05, 0.1) is 26.0 Å². The first kappa shape index (κ1) is 13.7. The molecule has 2 heterocycles. The minimum Gasteiger partial charge on any atom is -0.495 e. The molecule has 0 unspecified atom stereocenters. The zero-order valence-corrected chi connectivity index (χ0v) is 12.7. The van der Waals surface area contributed by atoms with Gasteiger partial charge in [-0.25, -0.2) is 9.97 Å². The Morgan fingerprint density at radius 3 is 2.67 bits per heavy atom. The van der Waals surface area contributed by atoms with Gasteiger partial charge in [0.1, 0.15) is 17.1 Å². The van der Waals surface area contributed by atoms with Gasteiger partial charge in [0.15, 0.2) is 5.65 Å². The molecule has 0 spiro atoms. The molecular weight excluding hydrogens is 288 g/mol. The standard InChI is InChI=1S/C14H14N4O2S/c1-7-4-5-8(10(19-2)11(7)21)12-16-9-6-15-14(20-3)18-13(9)17-12/h4-6,21H,1-3H3,(H,15,16,17,18). The molecule has 7 heteroatoms. The summed E-state index contributed by atoms with van der Waals surface area (Å²) >= 11 is 4.49. The van der Waals surface area contributed by atoms with Crippen LogP contribution in [0.3, 0.4) is 0 Å². The number of nitrogens with one attached hydrogen (secondary N) is 1. The van der Waals surface area contributed by atoms with E-state index in [0.29, 0.717) is 17.2 Å². The quantitative estimate of drug-likeness (QED) is 0.728. The van der Waals surface area contributed by atoms with E-state index in [2.05, 4.69) is 32.6 Å². The molecule has 2 aromatic heterocycles. The molecule has 0 amide bonds. The average Bonchev–Trinajstić information content (AvgIpc) is 2.92. The van der Waals surface area contributed by atoms with Gasteiger partial charge in [-0.05, 0) is 18.6 Å². The summed E-state index contributed by atoms with van der Waals surface area (Å²) in [5.74, 6) is 1.33. The summed E-state index contributed by atoms with van der Waals surface area (Å²) in [5, 5.41) is 0. The largest absolute Gasteiger partial charge is 0.495 e. The number of H-pyrrole nitrogens is 1. The zero-order valence-electron chi connectivity index (χ0n) is 11.8. The molecule has 0 aliphatic carbocycles. The van der Waals surface area contributed by atoms with Crippen LogP contribution in [0.4, 0.5) is 0 Å². The molecule has 0 atom stereocenters. The highest BCUT2D eigenvalue weighted by Gasteiger charge is 2.15. The molecule has 21 heavy (non-hydrogen) atoms. The Labute approximate surface area is 127 Å². The van der Waals surface area contributed by atoms with Crippen molar-refractivity contribution in [3.63, 3.8) is 0 Å². The molecule has 0 radical (unpaired) electrons. The summed E-state index contributed by atoms with van der Waals surface area (Å²) < 4.78 is 10.5. The number of methoxy groups -OCH3 is 2. The molecule has 3 rings (SSSR count). The third-order valence-electron chi connectivity index (χ3n) is 3.19. The SMILES string of the molecule is COc1ncc2[nH]c(-c3ccc(C)c(S)c3OC)nc2n1. The number of imidazole rings is 1. The third-order valence-corrected chi connectivity index (χ3v) is 3.75. The Balaban J connectivity index is 2.18. The van der Waals surface area contributed by atoms with Crippen LogP contribution in [0.15, 0.2) is 23.2 Å². The van der Waals surface area contributed by atoms with Crippen molar-refractivity contribution >= 4 is 23.8 Å². The van der Waals surface area contributed by atoms with Gasteiger partial charge in [-0.1, -0.05) is 6.07 Å². The third kappa shape index (κ3) is 2.29. The topological polar surface area (TPSA) is 72.9 Å². The summed E-state index contributed by atoms with van der Waals surface area (Å²) in [4.78, 5) is 16.7. The predicted octanol–water partition coefficient (Wildman–Crippen LogP) is 2.63. The monoisotopic (exact) mass is 302 g/mol. The number of hydrogen-bond donors (Lipinski definition) is 2. The zero-order chi connectivity index (χ0) is 15.0. The van der Waals surface area contributed by atoms with E-state index in [0.717, 1.165) is 21.5 Å². The predicted molar refractivity (Wildman–Crippen MR) is 82.2 cm³/mol. The van der Waals surface area contributed by atoms with Crippen LogP contribution in [0.25, 0.3) is 22.6 Å². The van der Waals surface area contributed by atoms with Gasteiger partial charge in [-0.2, -0.15) is 4.98 Å². The molecule has 0 aliphatic rings. The van der Waals surface area contributed by atoms with Gasteiger partial charge in [0.2, 0.25) is 0 Å². The van der Waals surface area contributed by atoms with E-state index < -0.39 is 0 Å². The Bertz CT molecular complexity index is 816. The van der Waals surface area contributed by atoms with Gasteiger partial charge >= 0.3 is 6.01 Å². The lowest BCUT2D eigenvalue weighted by molar-refractivity contribution is 0.381. The highest BCUT2D eigenvalue weighted by molar-refractivity contribution is 7.80. The maximum atomic E-state index is 5.46. The molecule has 0 saturated carbocycles. The van der Waals surface area contributed by atoms with Crippen molar-refractivity contribution in [3.05, 3.63) is 23.9 Å². The number of nitrogens with zero attached hydrogens (tertiary/aromatic N) is 3. The van der Waals surface area contributed by atoms with Crippen LogP contribution in [0.1, 0.15) is 5.56 Å². The molecule has 108 valence electrons. The molecular formula is C14H14N4O2S. The first-order chi connectivity index (χ1) is 10.1. The minimum absolute atomic E-state index is 0.284. The highest BCUT2D eigenvalue weighted by Crippen LogP contribution is 2.36. The number of fused-ring (bicyclic) bond motifs is 1. The van der Waals surface area contributed by atoms with Crippen LogP contribution in [-0.2, 0) is 0 Å². The maximum absolute atomic E-state index is 5.46. The van der Waals surface area contributed by atoms with E-state index in [4.69, 9.17) is 9.47 Å². The molecule has 0 fully saturated rings. The summed E-state index contributed by atoms with van der Waals surface area (Å²) in [6, 6.07) is 4.20. The van der Waals surface area contributed by atoms with E-state index in [9.17, 15) is 0 Å². The Morgan fingerprint density at radius 2 is 1.95 bits per heavy atom. The summed E-state index contributed by atoms with van der Waals surface area (Å²) in [6.07, 6.45) is 1.64. The van der Waals surface area contributed by atoms with Crippen molar-refractivity contribution in [2.75, 3.05) is 14.2 Å². The molecule has 0 saturated heterocycles. The van der Waals surface area contributed by atoms with Crippen molar-refractivity contribution in [1.82, 2.24) is 19.9 Å². The fraction of sp³-hybridized carbons (Fsp3) is 0.214. The normalized spacial score (nSPS) is 10.9. The fourth-order valence-corrected chi connectivity index (χ4v) is 2.37. The van der Waals surface area contributed by atoms with Gasteiger partial charge in [-0.15, -0.1) is 12.6 Å². The number of hydrogen-bond acceptors (Lipinski definition) is 6. The summed E-state index contributed by atoms with van der Waals surface area (Å²) in [6.45, 7) is 1.98. The second-order valence-corrected chi connectivity index (χ2v) is 4.94. The van der Waals surface area contributed by atoms with Crippen LogP contribution >= 0.6 is 12.6 Å². The van der Waals surface area contributed by atoms with Crippen molar-refractivity contribution in [1.29, 1.82) is 0 Å². The fourth-order valence-electron chi connectivity index (χ4n) is 2.08. The van der Waals surface area contributed by atoms with E-state index in [1.165, 1.54) is 7.11 Å². The number of benzene rings is 1. The second kappa shape index (κ2) is 5.25. The Kier molecular flexibility index (Phi) is 3.42. The van der Waals surface area contributed by atoms with E-state index >= 15 is 0 Å². The molecule has 0 aliphatic heterocycles. The Hall–Kier alpha value is -2.28. The van der Waals surface area contributed by atoms with Crippen LogP contribution in [0.5, 0.6) is 11.8 Å². The van der Waals surface area contributed by atoms with Crippen LogP contribution in [0.2, 0.25) is 0 Å². The van der Waals surface area contributed by atoms with E-state index in [1.54, 1.807) is 13.3 Å². The van der Waals surface area contributed by atoms with Gasteiger partial charge < -0.3 is 14.5 Å². The maximum Gasteiger partial charge on any atom is 0.318 e. The van der Waals surface area contributed by atoms with Crippen LogP contribution < -0.4 is 9.47 Å². The van der Waals surface area contributed by atoms with Crippen LogP contribution in [0, 0.1) is 6.92 Å². The van der Waals surface area contributed by atoms with E-state index in [-0.39, 0.29) is 6.01 Å². The number of ether oxygens (including phenoxy) is 2.